The van der Waals surface area contributed by atoms with Crippen LogP contribution in [-0.2, 0) is 0 Å². The fourth-order valence-corrected chi connectivity index (χ4v) is 1.18. The van der Waals surface area contributed by atoms with Gasteiger partial charge in [0.1, 0.15) is 0 Å². The van der Waals surface area contributed by atoms with E-state index in [1.54, 1.807) is 11.8 Å². The van der Waals surface area contributed by atoms with E-state index in [2.05, 4.69) is 0 Å². The molecule has 0 amide bonds. The predicted molar refractivity (Wildman–Crippen MR) is 65.3 cm³/mol. The summed E-state index contributed by atoms with van der Waals surface area (Å²) in [5.41, 5.74) is 6.48. The molecule has 0 fully saturated rings. The van der Waals surface area contributed by atoms with E-state index in [9.17, 15) is 0 Å². The molecule has 0 heterocycles. The van der Waals surface area contributed by atoms with Gasteiger partial charge in [-0.25, -0.2) is 0 Å². The average molecular weight is 199 g/mol. The Morgan fingerprint density at radius 1 is 1.00 bits per heavy atom. The minimum absolute atomic E-state index is 0.866. The van der Waals surface area contributed by atoms with Crippen molar-refractivity contribution >= 4 is 17.4 Å². The van der Waals surface area contributed by atoms with Crippen molar-refractivity contribution in [3.63, 3.8) is 0 Å². The molecule has 1 aromatic carbocycles. The van der Waals surface area contributed by atoms with Gasteiger partial charge in [0.05, 0.1) is 0 Å². The van der Waals surface area contributed by atoms with Crippen LogP contribution in [0.4, 0.5) is 5.69 Å². The normalized spacial score (nSPS) is 7.46. The van der Waals surface area contributed by atoms with Gasteiger partial charge in [-0.1, -0.05) is 39.8 Å². The maximum absolute atomic E-state index is 5.61. The third-order valence-corrected chi connectivity index (χ3v) is 1.95. The molecule has 0 atom stereocenters. The van der Waals surface area contributed by atoms with Crippen molar-refractivity contribution in [2.24, 2.45) is 0 Å². The lowest BCUT2D eigenvalue weighted by Gasteiger charge is -1.97. The second-order valence-electron chi connectivity index (χ2n) is 1.74. The van der Waals surface area contributed by atoms with Crippen molar-refractivity contribution in [2.45, 2.75) is 32.6 Å². The number of thioether (sulfide) groups is 1. The van der Waals surface area contributed by atoms with E-state index in [0.29, 0.717) is 0 Å². The fraction of sp³-hybridized carbons (Fsp3) is 0.455. The molecule has 0 aliphatic rings. The third-order valence-electron chi connectivity index (χ3n) is 1.14. The van der Waals surface area contributed by atoms with Crippen molar-refractivity contribution in [3.8, 4) is 0 Å². The van der Waals surface area contributed by atoms with Gasteiger partial charge < -0.3 is 5.73 Å². The van der Waals surface area contributed by atoms with Gasteiger partial charge in [-0.05, 0) is 18.4 Å². The summed E-state index contributed by atoms with van der Waals surface area (Å²) in [5, 5.41) is 0. The summed E-state index contributed by atoms with van der Waals surface area (Å²) in [6.07, 6.45) is 2.02. The van der Waals surface area contributed by atoms with Crippen LogP contribution in [0.25, 0.3) is 0 Å². The van der Waals surface area contributed by atoms with Gasteiger partial charge in [0.15, 0.2) is 0 Å². The zero-order chi connectivity index (χ0) is 10.7. The molecule has 0 radical (unpaired) electrons. The van der Waals surface area contributed by atoms with E-state index >= 15 is 0 Å². The molecule has 1 aromatic rings. The summed E-state index contributed by atoms with van der Waals surface area (Å²) >= 11 is 1.67. The van der Waals surface area contributed by atoms with E-state index in [1.807, 2.05) is 58.2 Å². The molecule has 76 valence electrons. The standard InChI is InChI=1S/C7H9NS.2C2H6/c1-9-7-5-3-2-4-6(7)8;2*1-2/h2-5H,8H2,1H3;2*1-2H3. The third kappa shape index (κ3) is 6.52. The molecular formula is C11H21NS. The number of hydrogen-bond acceptors (Lipinski definition) is 2. The molecule has 2 N–H and O–H groups in total. The first-order valence-electron chi connectivity index (χ1n) is 4.73. The van der Waals surface area contributed by atoms with Crippen molar-refractivity contribution in [1.82, 2.24) is 0 Å². The van der Waals surface area contributed by atoms with E-state index in [1.165, 1.54) is 0 Å². The largest absolute Gasteiger partial charge is 0.398 e. The van der Waals surface area contributed by atoms with Crippen LogP contribution in [0.3, 0.4) is 0 Å². The Kier molecular flexibility index (Phi) is 13.0. The molecule has 1 nitrogen and oxygen atoms in total. The maximum atomic E-state index is 5.61. The van der Waals surface area contributed by atoms with E-state index in [-0.39, 0.29) is 0 Å². The van der Waals surface area contributed by atoms with Gasteiger partial charge in [-0.2, -0.15) is 0 Å². The van der Waals surface area contributed by atoms with Gasteiger partial charge in [-0.3, -0.25) is 0 Å². The Morgan fingerprint density at radius 2 is 1.46 bits per heavy atom. The molecule has 0 unspecified atom stereocenters. The Bertz CT molecular complexity index is 199. The van der Waals surface area contributed by atoms with Gasteiger partial charge >= 0.3 is 0 Å². The second-order valence-corrected chi connectivity index (χ2v) is 2.59. The highest BCUT2D eigenvalue weighted by molar-refractivity contribution is 7.98. The number of rotatable bonds is 1. The van der Waals surface area contributed by atoms with Crippen molar-refractivity contribution in [1.29, 1.82) is 0 Å². The highest BCUT2D eigenvalue weighted by atomic mass is 32.2. The molecule has 0 aromatic heterocycles. The SMILES string of the molecule is CC.CC.CSc1ccccc1N. The quantitative estimate of drug-likeness (QED) is 0.545. The van der Waals surface area contributed by atoms with E-state index in [0.717, 1.165) is 10.6 Å². The van der Waals surface area contributed by atoms with Gasteiger partial charge in [0.2, 0.25) is 0 Å². The minimum Gasteiger partial charge on any atom is -0.398 e. The zero-order valence-corrected chi connectivity index (χ0v) is 10.1. The van der Waals surface area contributed by atoms with Crippen LogP contribution in [0.15, 0.2) is 29.2 Å². The first-order valence-corrected chi connectivity index (χ1v) is 5.95. The highest BCUT2D eigenvalue weighted by Gasteiger charge is 1.91. The summed E-state index contributed by atoms with van der Waals surface area (Å²) in [6.45, 7) is 8.00. The molecule has 2 heteroatoms. The molecular weight excluding hydrogens is 178 g/mol. The Balaban J connectivity index is 0. The van der Waals surface area contributed by atoms with E-state index in [4.69, 9.17) is 5.73 Å². The van der Waals surface area contributed by atoms with Crippen LogP contribution >= 0.6 is 11.8 Å². The monoisotopic (exact) mass is 199 g/mol. The molecule has 0 bridgehead atoms. The van der Waals surface area contributed by atoms with Crippen LogP contribution in [0, 0.1) is 0 Å². The fourth-order valence-electron chi connectivity index (χ4n) is 0.666. The maximum Gasteiger partial charge on any atom is 0.0452 e. The molecule has 0 saturated carbocycles. The first kappa shape index (κ1) is 14.9. The molecule has 0 spiro atoms. The topological polar surface area (TPSA) is 26.0 Å². The second kappa shape index (κ2) is 11.4. The highest BCUT2D eigenvalue weighted by Crippen LogP contribution is 2.20. The van der Waals surface area contributed by atoms with Gasteiger partial charge in [-0.15, -0.1) is 11.8 Å². The number of para-hydroxylation sites is 1. The summed E-state index contributed by atoms with van der Waals surface area (Å²) in [6, 6.07) is 7.85. The average Bonchev–Trinajstić information content (AvgIpc) is 2.24. The summed E-state index contributed by atoms with van der Waals surface area (Å²) in [4.78, 5) is 1.15. The van der Waals surface area contributed by atoms with Crippen LogP contribution in [0.5, 0.6) is 0 Å². The lowest BCUT2D eigenvalue weighted by molar-refractivity contribution is 1.47. The number of hydrogen-bond donors (Lipinski definition) is 1. The number of nitrogen functional groups attached to an aromatic ring is 1. The minimum atomic E-state index is 0.866. The predicted octanol–water partition coefficient (Wildman–Crippen LogP) is 4.04. The van der Waals surface area contributed by atoms with Crippen LogP contribution in [-0.4, -0.2) is 6.26 Å². The van der Waals surface area contributed by atoms with Crippen molar-refractivity contribution in [3.05, 3.63) is 24.3 Å². The van der Waals surface area contributed by atoms with Crippen LogP contribution in [0.1, 0.15) is 27.7 Å². The molecule has 0 aliphatic heterocycles. The Hall–Kier alpha value is -0.630. The molecule has 0 aliphatic carbocycles. The van der Waals surface area contributed by atoms with Crippen molar-refractivity contribution in [2.75, 3.05) is 12.0 Å². The summed E-state index contributed by atoms with van der Waals surface area (Å²) in [7, 11) is 0. The lowest BCUT2D eigenvalue weighted by atomic mass is 10.3. The van der Waals surface area contributed by atoms with E-state index < -0.39 is 0 Å². The molecule has 1 rings (SSSR count). The van der Waals surface area contributed by atoms with Gasteiger partial charge in [0.25, 0.3) is 0 Å². The number of benzene rings is 1. The van der Waals surface area contributed by atoms with Crippen molar-refractivity contribution < 1.29 is 0 Å². The Morgan fingerprint density at radius 3 is 1.77 bits per heavy atom. The smallest absolute Gasteiger partial charge is 0.0452 e. The van der Waals surface area contributed by atoms with Crippen LogP contribution in [0.2, 0.25) is 0 Å². The molecule has 0 saturated heterocycles. The Labute approximate surface area is 86.7 Å². The zero-order valence-electron chi connectivity index (χ0n) is 9.29. The lowest BCUT2D eigenvalue weighted by Crippen LogP contribution is -1.85. The van der Waals surface area contributed by atoms with Crippen LogP contribution < -0.4 is 5.73 Å². The summed E-state index contributed by atoms with van der Waals surface area (Å²) in [5.74, 6) is 0. The first-order chi connectivity index (χ1) is 6.34. The number of nitrogens with two attached hydrogens (primary N) is 1. The number of anilines is 1. The summed E-state index contributed by atoms with van der Waals surface area (Å²) < 4.78 is 0. The van der Waals surface area contributed by atoms with Gasteiger partial charge in [0, 0.05) is 10.6 Å². The molecule has 13 heavy (non-hydrogen) atoms.